The highest BCUT2D eigenvalue weighted by Crippen LogP contribution is 2.36. The van der Waals surface area contributed by atoms with Crippen LogP contribution in [-0.4, -0.2) is 22.0 Å². The number of hydrogen-bond acceptors (Lipinski definition) is 2. The van der Waals surface area contributed by atoms with Crippen LogP contribution in [0.5, 0.6) is 5.75 Å². The highest BCUT2D eigenvalue weighted by Gasteiger charge is 2.36. The van der Waals surface area contributed by atoms with Gasteiger partial charge in [-0.05, 0) is 41.9 Å². The molecule has 114 valence electrons. The third-order valence-corrected chi connectivity index (χ3v) is 8.60. The molecule has 0 fully saturated rings. The fourth-order valence-electron chi connectivity index (χ4n) is 1.58. The molecule has 0 aliphatic heterocycles. The summed E-state index contributed by atoms with van der Waals surface area (Å²) in [6, 6.07) is 7.76. The molecule has 1 aromatic rings. The van der Waals surface area contributed by atoms with Crippen LogP contribution < -0.4 is 4.74 Å². The van der Waals surface area contributed by atoms with E-state index in [0.717, 1.165) is 16.9 Å². The van der Waals surface area contributed by atoms with E-state index in [1.54, 1.807) is 7.11 Å². The first-order valence-electron chi connectivity index (χ1n) is 7.16. The summed E-state index contributed by atoms with van der Waals surface area (Å²) >= 11 is 0. The van der Waals surface area contributed by atoms with Gasteiger partial charge in [-0.2, -0.15) is 0 Å². The van der Waals surface area contributed by atoms with Gasteiger partial charge in [0.1, 0.15) is 5.75 Å². The van der Waals surface area contributed by atoms with Crippen molar-refractivity contribution in [3.63, 3.8) is 0 Å². The van der Waals surface area contributed by atoms with Crippen LogP contribution in [0, 0.1) is 12.3 Å². The third kappa shape index (κ3) is 4.77. The summed E-state index contributed by atoms with van der Waals surface area (Å²) in [6.45, 7) is 11.7. The minimum absolute atomic E-state index is 0.206. The van der Waals surface area contributed by atoms with Crippen molar-refractivity contribution >= 4 is 13.9 Å². The highest BCUT2D eigenvalue weighted by atomic mass is 28.4. The van der Waals surface area contributed by atoms with E-state index in [1.807, 2.05) is 30.3 Å². The van der Waals surface area contributed by atoms with Crippen LogP contribution in [0.2, 0.25) is 18.1 Å². The Labute approximate surface area is 130 Å². The summed E-state index contributed by atoms with van der Waals surface area (Å²) in [5.74, 6) is 3.56. The van der Waals surface area contributed by atoms with Crippen molar-refractivity contribution in [2.75, 3.05) is 13.7 Å². The molecule has 0 bridgehead atoms. The largest absolute Gasteiger partial charge is 0.497 e. The average Bonchev–Trinajstić information content (AvgIpc) is 2.42. The lowest BCUT2D eigenvalue weighted by Gasteiger charge is -2.35. The lowest BCUT2D eigenvalue weighted by molar-refractivity contribution is 0.328. The van der Waals surface area contributed by atoms with Gasteiger partial charge < -0.3 is 9.16 Å². The summed E-state index contributed by atoms with van der Waals surface area (Å²) in [6.07, 6.45) is 7.61. The number of hydrogen-bond donors (Lipinski definition) is 0. The quantitative estimate of drug-likeness (QED) is 0.578. The molecule has 0 unspecified atom stereocenters. The maximum absolute atomic E-state index is 6.13. The third-order valence-electron chi connectivity index (χ3n) is 4.09. The Kier molecular flexibility index (Phi) is 5.83. The second-order valence-corrected chi connectivity index (χ2v) is 11.4. The van der Waals surface area contributed by atoms with E-state index in [2.05, 4.69) is 39.8 Å². The Bertz CT molecular complexity index is 528. The zero-order valence-corrected chi connectivity index (χ0v) is 15.0. The minimum atomic E-state index is -1.73. The van der Waals surface area contributed by atoms with E-state index in [9.17, 15) is 0 Å². The first-order chi connectivity index (χ1) is 9.71. The lowest BCUT2D eigenvalue weighted by atomic mass is 10.1. The van der Waals surface area contributed by atoms with Crippen LogP contribution in [0.25, 0.3) is 5.57 Å². The molecule has 0 aromatic heterocycles. The van der Waals surface area contributed by atoms with Crippen molar-refractivity contribution in [2.45, 2.75) is 38.9 Å². The van der Waals surface area contributed by atoms with Crippen molar-refractivity contribution in [2.24, 2.45) is 0 Å². The molecular formula is C18H26O2Si. The van der Waals surface area contributed by atoms with Crippen molar-refractivity contribution in [3.8, 4) is 18.1 Å². The Balaban J connectivity index is 2.79. The van der Waals surface area contributed by atoms with Crippen LogP contribution in [0.15, 0.2) is 30.3 Å². The fraction of sp³-hybridized carbons (Fsp3) is 0.444. The molecule has 0 saturated carbocycles. The molecule has 2 nitrogen and oxygen atoms in total. The number of methoxy groups -OCH3 is 1. The molecule has 0 aliphatic rings. The maximum Gasteiger partial charge on any atom is 0.192 e. The number of ether oxygens (including phenoxy) is 1. The van der Waals surface area contributed by atoms with Crippen molar-refractivity contribution in [1.82, 2.24) is 0 Å². The Morgan fingerprint density at radius 1 is 1.24 bits per heavy atom. The van der Waals surface area contributed by atoms with E-state index in [1.165, 1.54) is 0 Å². The fourth-order valence-corrected chi connectivity index (χ4v) is 2.51. The normalized spacial score (nSPS) is 12.9. The molecule has 0 radical (unpaired) electrons. The lowest BCUT2D eigenvalue weighted by Crippen LogP contribution is -2.40. The van der Waals surface area contributed by atoms with Crippen LogP contribution in [0.1, 0.15) is 26.3 Å². The Hall–Kier alpha value is -1.50. The van der Waals surface area contributed by atoms with E-state index < -0.39 is 8.32 Å². The average molecular weight is 302 g/mol. The van der Waals surface area contributed by atoms with Crippen LogP contribution in [0.4, 0.5) is 0 Å². The van der Waals surface area contributed by atoms with Gasteiger partial charge in [0, 0.05) is 5.57 Å². The van der Waals surface area contributed by atoms with Crippen molar-refractivity contribution < 1.29 is 9.16 Å². The standard InChI is InChI=1S/C18H26O2Si/c1-8-15(16-9-11-17(19-5)12-10-16)13-14-20-21(6,7)18(2,3)4/h1,9-13H,14H2,2-7H3/b15-13+. The van der Waals surface area contributed by atoms with E-state index in [0.29, 0.717) is 6.61 Å². The number of allylic oxidation sites excluding steroid dienone is 1. The van der Waals surface area contributed by atoms with Crippen molar-refractivity contribution in [1.29, 1.82) is 0 Å². The van der Waals surface area contributed by atoms with Gasteiger partial charge in [0.15, 0.2) is 8.32 Å². The molecule has 0 N–H and O–H groups in total. The van der Waals surface area contributed by atoms with Gasteiger partial charge >= 0.3 is 0 Å². The first-order valence-corrected chi connectivity index (χ1v) is 10.1. The van der Waals surface area contributed by atoms with Crippen LogP contribution in [-0.2, 0) is 4.43 Å². The van der Waals surface area contributed by atoms with Gasteiger partial charge in [0.05, 0.1) is 13.7 Å². The zero-order chi connectivity index (χ0) is 16.1. The van der Waals surface area contributed by atoms with Gasteiger partial charge in [0.25, 0.3) is 0 Å². The van der Waals surface area contributed by atoms with Gasteiger partial charge in [0.2, 0.25) is 0 Å². The van der Waals surface area contributed by atoms with Gasteiger partial charge in [-0.1, -0.05) is 38.8 Å². The molecule has 3 heteroatoms. The van der Waals surface area contributed by atoms with Gasteiger partial charge in [-0.25, -0.2) is 0 Å². The second kappa shape index (κ2) is 6.97. The topological polar surface area (TPSA) is 18.5 Å². The highest BCUT2D eigenvalue weighted by molar-refractivity contribution is 6.74. The number of benzene rings is 1. The molecule has 21 heavy (non-hydrogen) atoms. The predicted octanol–water partition coefficient (Wildman–Crippen LogP) is 4.73. The minimum Gasteiger partial charge on any atom is -0.497 e. The smallest absolute Gasteiger partial charge is 0.192 e. The van der Waals surface area contributed by atoms with Gasteiger partial charge in [-0.3, -0.25) is 0 Å². The second-order valence-electron chi connectivity index (χ2n) is 6.56. The number of terminal acetylenes is 1. The van der Waals surface area contributed by atoms with Gasteiger partial charge in [-0.15, -0.1) is 6.42 Å². The zero-order valence-electron chi connectivity index (χ0n) is 14.0. The molecule has 0 atom stereocenters. The van der Waals surface area contributed by atoms with Crippen molar-refractivity contribution in [3.05, 3.63) is 35.9 Å². The monoisotopic (exact) mass is 302 g/mol. The summed E-state index contributed by atoms with van der Waals surface area (Å²) in [4.78, 5) is 0. The predicted molar refractivity (Wildman–Crippen MR) is 93.0 cm³/mol. The molecule has 0 aliphatic carbocycles. The Morgan fingerprint density at radius 3 is 2.24 bits per heavy atom. The molecule has 1 rings (SSSR count). The molecule has 0 spiro atoms. The molecule has 0 amide bonds. The molecule has 1 aromatic carbocycles. The molecule has 0 heterocycles. The summed E-state index contributed by atoms with van der Waals surface area (Å²) in [7, 11) is -0.0806. The molecule has 0 saturated heterocycles. The first kappa shape index (κ1) is 17.5. The maximum atomic E-state index is 6.13. The summed E-state index contributed by atoms with van der Waals surface area (Å²) in [5.41, 5.74) is 1.87. The van der Waals surface area contributed by atoms with Crippen LogP contribution in [0.3, 0.4) is 0 Å². The number of rotatable bonds is 5. The molecular weight excluding hydrogens is 276 g/mol. The Morgan fingerprint density at radius 2 is 1.81 bits per heavy atom. The van der Waals surface area contributed by atoms with E-state index in [-0.39, 0.29) is 5.04 Å². The van der Waals surface area contributed by atoms with E-state index >= 15 is 0 Å². The SMILES string of the molecule is C#C/C(=C\CO[Si](C)(C)C(C)(C)C)c1ccc(OC)cc1. The summed E-state index contributed by atoms with van der Waals surface area (Å²) < 4.78 is 11.3. The van der Waals surface area contributed by atoms with E-state index in [4.69, 9.17) is 15.6 Å². The van der Waals surface area contributed by atoms with Crippen LogP contribution >= 0.6 is 0 Å². The summed E-state index contributed by atoms with van der Waals surface area (Å²) in [5, 5.41) is 0.206.